The Kier molecular flexibility index (Phi) is 3.65. The molecule has 0 spiro atoms. The van der Waals surface area contributed by atoms with Crippen LogP contribution < -0.4 is 5.32 Å². The molecule has 2 N–H and O–H groups in total. The number of nitrogens with one attached hydrogen (secondary N) is 2. The molecule has 0 saturated heterocycles. The predicted octanol–water partition coefficient (Wildman–Crippen LogP) is 3.08. The Bertz CT molecular complexity index is 394. The van der Waals surface area contributed by atoms with E-state index in [4.69, 9.17) is 0 Å². The lowest BCUT2D eigenvalue weighted by Gasteiger charge is -2.16. The standard InChI is InChI=1S/C13H23N3O/c1-12(2,3)8-11(17)14-10-7-9(15-16-10)13(4,5)6/h7H,8H2,1-6H3,(H2,14,15,16,17). The van der Waals surface area contributed by atoms with Gasteiger partial charge in [0.25, 0.3) is 0 Å². The molecule has 0 aliphatic carbocycles. The smallest absolute Gasteiger partial charge is 0.226 e. The average Bonchev–Trinajstić information content (AvgIpc) is 2.47. The zero-order valence-electron chi connectivity index (χ0n) is 11.6. The molecule has 4 nitrogen and oxygen atoms in total. The molecule has 0 aliphatic rings. The summed E-state index contributed by atoms with van der Waals surface area (Å²) in [7, 11) is 0. The molecule has 1 aromatic heterocycles. The topological polar surface area (TPSA) is 57.8 Å². The molecule has 0 aromatic carbocycles. The SMILES string of the molecule is CC(C)(C)CC(=O)Nc1cc(C(C)(C)C)n[nH]1. The van der Waals surface area contributed by atoms with Crippen molar-refractivity contribution >= 4 is 11.7 Å². The number of carbonyl (C=O) groups is 1. The first-order valence-electron chi connectivity index (χ1n) is 5.94. The highest BCUT2D eigenvalue weighted by molar-refractivity contribution is 5.90. The van der Waals surface area contributed by atoms with E-state index in [0.29, 0.717) is 12.2 Å². The summed E-state index contributed by atoms with van der Waals surface area (Å²) in [5.41, 5.74) is 0.934. The van der Waals surface area contributed by atoms with Gasteiger partial charge in [-0.15, -0.1) is 0 Å². The largest absolute Gasteiger partial charge is 0.311 e. The zero-order valence-corrected chi connectivity index (χ0v) is 11.6. The minimum absolute atomic E-state index is 0.00301. The molecular weight excluding hydrogens is 214 g/mol. The number of nitrogens with zero attached hydrogens (tertiary/aromatic N) is 1. The van der Waals surface area contributed by atoms with E-state index in [-0.39, 0.29) is 16.7 Å². The van der Waals surface area contributed by atoms with Gasteiger partial charge in [-0.05, 0) is 5.41 Å². The van der Waals surface area contributed by atoms with Gasteiger partial charge in [0.1, 0.15) is 5.82 Å². The summed E-state index contributed by atoms with van der Waals surface area (Å²) in [5.74, 6) is 0.686. The highest BCUT2D eigenvalue weighted by atomic mass is 16.1. The predicted molar refractivity (Wildman–Crippen MR) is 70.0 cm³/mol. The summed E-state index contributed by atoms with van der Waals surface area (Å²) < 4.78 is 0. The van der Waals surface area contributed by atoms with Crippen molar-refractivity contribution < 1.29 is 4.79 Å². The minimum atomic E-state index is -0.0104. The lowest BCUT2D eigenvalue weighted by molar-refractivity contribution is -0.117. The number of hydrogen-bond acceptors (Lipinski definition) is 2. The van der Waals surface area contributed by atoms with Crippen molar-refractivity contribution in [3.8, 4) is 0 Å². The molecule has 0 aliphatic heterocycles. The Morgan fingerprint density at radius 2 is 1.88 bits per heavy atom. The molecule has 0 unspecified atom stereocenters. The molecule has 0 bridgehead atoms. The maximum absolute atomic E-state index is 11.7. The molecular formula is C13H23N3O. The Morgan fingerprint density at radius 3 is 2.29 bits per heavy atom. The maximum Gasteiger partial charge on any atom is 0.226 e. The molecule has 17 heavy (non-hydrogen) atoms. The van der Waals surface area contributed by atoms with Crippen LogP contribution in [-0.2, 0) is 10.2 Å². The van der Waals surface area contributed by atoms with Crippen molar-refractivity contribution in [3.63, 3.8) is 0 Å². The fraction of sp³-hybridized carbons (Fsp3) is 0.692. The zero-order chi connectivity index (χ0) is 13.3. The molecule has 1 aromatic rings. The van der Waals surface area contributed by atoms with E-state index in [9.17, 15) is 4.79 Å². The van der Waals surface area contributed by atoms with Crippen LogP contribution in [0.5, 0.6) is 0 Å². The minimum Gasteiger partial charge on any atom is -0.311 e. The fourth-order valence-electron chi connectivity index (χ4n) is 1.45. The van der Waals surface area contributed by atoms with Crippen LogP contribution in [0, 0.1) is 5.41 Å². The summed E-state index contributed by atoms with van der Waals surface area (Å²) in [5, 5.41) is 9.88. The molecule has 0 saturated carbocycles. The van der Waals surface area contributed by atoms with E-state index in [0.717, 1.165) is 5.69 Å². The highest BCUT2D eigenvalue weighted by Gasteiger charge is 2.19. The van der Waals surface area contributed by atoms with Crippen molar-refractivity contribution in [1.82, 2.24) is 10.2 Å². The van der Waals surface area contributed by atoms with Gasteiger partial charge >= 0.3 is 0 Å². The first kappa shape index (κ1) is 13.7. The summed E-state index contributed by atoms with van der Waals surface area (Å²) >= 11 is 0. The summed E-state index contributed by atoms with van der Waals surface area (Å²) in [6, 6.07) is 1.89. The average molecular weight is 237 g/mol. The van der Waals surface area contributed by atoms with Crippen molar-refractivity contribution in [2.75, 3.05) is 5.32 Å². The van der Waals surface area contributed by atoms with Gasteiger partial charge < -0.3 is 5.32 Å². The molecule has 1 heterocycles. The van der Waals surface area contributed by atoms with E-state index in [1.54, 1.807) is 0 Å². The second-order valence-electron chi connectivity index (χ2n) is 6.70. The lowest BCUT2D eigenvalue weighted by atomic mass is 9.92. The molecule has 0 atom stereocenters. The number of anilines is 1. The first-order chi connectivity index (χ1) is 7.58. The third-order valence-electron chi connectivity index (χ3n) is 2.31. The van der Waals surface area contributed by atoms with E-state index in [2.05, 4.69) is 36.3 Å². The summed E-state index contributed by atoms with van der Waals surface area (Å²) in [4.78, 5) is 11.7. The second kappa shape index (κ2) is 4.51. The van der Waals surface area contributed by atoms with Crippen LogP contribution in [0.1, 0.15) is 53.7 Å². The van der Waals surface area contributed by atoms with Crippen LogP contribution in [-0.4, -0.2) is 16.1 Å². The Balaban J connectivity index is 2.65. The quantitative estimate of drug-likeness (QED) is 0.830. The fourth-order valence-corrected chi connectivity index (χ4v) is 1.45. The summed E-state index contributed by atoms with van der Waals surface area (Å²) in [6.45, 7) is 12.4. The normalized spacial score (nSPS) is 12.6. The van der Waals surface area contributed by atoms with Crippen LogP contribution in [0.3, 0.4) is 0 Å². The number of hydrogen-bond donors (Lipinski definition) is 2. The van der Waals surface area contributed by atoms with Crippen molar-refractivity contribution in [2.24, 2.45) is 5.41 Å². The van der Waals surface area contributed by atoms with Crippen LogP contribution in [0.25, 0.3) is 0 Å². The van der Waals surface area contributed by atoms with Gasteiger partial charge in [-0.25, -0.2) is 0 Å². The molecule has 1 rings (SSSR count). The van der Waals surface area contributed by atoms with Crippen molar-refractivity contribution in [3.05, 3.63) is 11.8 Å². The third-order valence-corrected chi connectivity index (χ3v) is 2.31. The van der Waals surface area contributed by atoms with Gasteiger partial charge in [0, 0.05) is 17.9 Å². The molecule has 0 radical (unpaired) electrons. The molecule has 96 valence electrons. The van der Waals surface area contributed by atoms with Crippen LogP contribution in [0.15, 0.2) is 6.07 Å². The van der Waals surface area contributed by atoms with Crippen LogP contribution in [0.4, 0.5) is 5.82 Å². The third kappa shape index (κ3) is 4.59. The van der Waals surface area contributed by atoms with Crippen molar-refractivity contribution in [2.45, 2.75) is 53.4 Å². The molecule has 4 heteroatoms. The highest BCUT2D eigenvalue weighted by Crippen LogP contribution is 2.23. The number of H-pyrrole nitrogens is 1. The van der Waals surface area contributed by atoms with Gasteiger partial charge in [0.05, 0.1) is 5.69 Å². The van der Waals surface area contributed by atoms with Crippen molar-refractivity contribution in [1.29, 1.82) is 0 Å². The Hall–Kier alpha value is -1.32. The summed E-state index contributed by atoms with van der Waals surface area (Å²) in [6.07, 6.45) is 0.497. The lowest BCUT2D eigenvalue weighted by Crippen LogP contribution is -2.19. The Morgan fingerprint density at radius 1 is 1.29 bits per heavy atom. The van der Waals surface area contributed by atoms with E-state index < -0.39 is 0 Å². The monoisotopic (exact) mass is 237 g/mol. The molecule has 0 fully saturated rings. The Labute approximate surface area is 103 Å². The van der Waals surface area contributed by atoms with Crippen LogP contribution in [0.2, 0.25) is 0 Å². The van der Waals surface area contributed by atoms with Gasteiger partial charge in [-0.1, -0.05) is 41.5 Å². The number of rotatable bonds is 2. The van der Waals surface area contributed by atoms with E-state index in [1.165, 1.54) is 0 Å². The van der Waals surface area contributed by atoms with Crippen LogP contribution >= 0.6 is 0 Å². The van der Waals surface area contributed by atoms with Gasteiger partial charge in [0.2, 0.25) is 5.91 Å². The second-order valence-corrected chi connectivity index (χ2v) is 6.70. The number of amides is 1. The first-order valence-corrected chi connectivity index (χ1v) is 5.94. The van der Waals surface area contributed by atoms with Gasteiger partial charge in [-0.2, -0.15) is 5.10 Å². The molecule has 1 amide bonds. The number of aromatic nitrogens is 2. The van der Waals surface area contributed by atoms with E-state index in [1.807, 2.05) is 26.8 Å². The number of carbonyl (C=O) groups excluding carboxylic acids is 1. The maximum atomic E-state index is 11.7. The van der Waals surface area contributed by atoms with E-state index >= 15 is 0 Å². The number of aromatic amines is 1. The van der Waals surface area contributed by atoms with Gasteiger partial charge in [-0.3, -0.25) is 9.89 Å². The van der Waals surface area contributed by atoms with Gasteiger partial charge in [0.15, 0.2) is 0 Å².